The van der Waals surface area contributed by atoms with Gasteiger partial charge in [-0.3, -0.25) is 0 Å². The summed E-state index contributed by atoms with van der Waals surface area (Å²) in [6.45, 7) is 5.73. The minimum absolute atomic E-state index is 0.583. The van der Waals surface area contributed by atoms with Crippen molar-refractivity contribution in [2.75, 3.05) is 6.61 Å². The fraction of sp³-hybridized carbons (Fsp3) is 1.00. The first kappa shape index (κ1) is 7.60. The van der Waals surface area contributed by atoms with E-state index in [0.29, 0.717) is 11.5 Å². The molecule has 64 valence electrons. The molecule has 2 aliphatic rings. The van der Waals surface area contributed by atoms with Gasteiger partial charge in [-0.1, -0.05) is 20.3 Å². The lowest BCUT2D eigenvalue weighted by Gasteiger charge is -2.31. The van der Waals surface area contributed by atoms with Crippen LogP contribution in [0.1, 0.15) is 39.5 Å². The fourth-order valence-electron chi connectivity index (χ4n) is 2.94. The molecule has 0 unspecified atom stereocenters. The number of hydrogen-bond donors (Lipinski definition) is 0. The van der Waals surface area contributed by atoms with E-state index in [1.54, 1.807) is 0 Å². The molecule has 1 saturated carbocycles. The monoisotopic (exact) mass is 154 g/mol. The second kappa shape index (κ2) is 2.48. The summed E-state index contributed by atoms with van der Waals surface area (Å²) in [4.78, 5) is 0. The van der Waals surface area contributed by atoms with Crippen LogP contribution in [0.4, 0.5) is 0 Å². The van der Waals surface area contributed by atoms with Crippen LogP contribution in [0.5, 0.6) is 0 Å². The van der Waals surface area contributed by atoms with Crippen LogP contribution in [0.15, 0.2) is 0 Å². The first-order valence-corrected chi connectivity index (χ1v) is 4.87. The third kappa shape index (κ3) is 0.936. The van der Waals surface area contributed by atoms with Gasteiger partial charge < -0.3 is 4.74 Å². The molecule has 2 rings (SSSR count). The molecule has 1 saturated heterocycles. The molecule has 2 atom stereocenters. The van der Waals surface area contributed by atoms with E-state index in [1.807, 2.05) is 0 Å². The molecule has 0 spiro atoms. The Morgan fingerprint density at radius 1 is 1.36 bits per heavy atom. The van der Waals surface area contributed by atoms with E-state index >= 15 is 0 Å². The van der Waals surface area contributed by atoms with Gasteiger partial charge in [-0.25, -0.2) is 0 Å². The van der Waals surface area contributed by atoms with E-state index in [0.717, 1.165) is 12.5 Å². The zero-order valence-corrected chi connectivity index (χ0v) is 7.60. The van der Waals surface area contributed by atoms with Gasteiger partial charge in [-0.15, -0.1) is 0 Å². The second-order valence-electron chi connectivity index (χ2n) is 4.39. The van der Waals surface area contributed by atoms with Crippen molar-refractivity contribution in [1.82, 2.24) is 0 Å². The van der Waals surface area contributed by atoms with Gasteiger partial charge in [0.15, 0.2) is 0 Å². The average Bonchev–Trinajstić information content (AvgIpc) is 2.40. The molecule has 2 fully saturated rings. The molecule has 0 amide bonds. The first-order chi connectivity index (χ1) is 5.26. The zero-order valence-electron chi connectivity index (χ0n) is 7.60. The molecule has 0 radical (unpaired) electrons. The van der Waals surface area contributed by atoms with Crippen molar-refractivity contribution in [2.24, 2.45) is 11.3 Å². The van der Waals surface area contributed by atoms with Crippen molar-refractivity contribution in [1.29, 1.82) is 0 Å². The third-order valence-electron chi connectivity index (χ3n) is 3.79. The second-order valence-corrected chi connectivity index (χ2v) is 4.39. The summed E-state index contributed by atoms with van der Waals surface area (Å²) in [5.74, 6) is 0.817. The fourth-order valence-corrected chi connectivity index (χ4v) is 2.94. The number of ether oxygens (including phenoxy) is 1. The molecule has 1 heteroatoms. The van der Waals surface area contributed by atoms with Gasteiger partial charge in [-0.05, 0) is 25.2 Å². The van der Waals surface area contributed by atoms with Gasteiger partial charge >= 0.3 is 0 Å². The number of fused-ring (bicyclic) bond motifs is 1. The Balaban J connectivity index is 2.20. The molecule has 1 nitrogen and oxygen atoms in total. The predicted molar refractivity (Wildman–Crippen MR) is 45.5 cm³/mol. The normalized spacial score (nSPS) is 43.4. The van der Waals surface area contributed by atoms with Crippen molar-refractivity contribution >= 4 is 0 Å². The summed E-state index contributed by atoms with van der Waals surface area (Å²) in [5.41, 5.74) is 0.583. The summed E-state index contributed by atoms with van der Waals surface area (Å²) in [6, 6.07) is 0. The van der Waals surface area contributed by atoms with Crippen LogP contribution >= 0.6 is 0 Å². The largest absolute Gasteiger partial charge is 0.378 e. The molecular weight excluding hydrogens is 136 g/mol. The van der Waals surface area contributed by atoms with Crippen LogP contribution < -0.4 is 0 Å². The van der Waals surface area contributed by atoms with E-state index in [4.69, 9.17) is 4.74 Å². The van der Waals surface area contributed by atoms with E-state index in [9.17, 15) is 0 Å². The SMILES string of the molecule is CC(C)[C@]12CCC[C@H]1OCC2. The Bertz CT molecular complexity index is 141. The van der Waals surface area contributed by atoms with Crippen LogP contribution in [0, 0.1) is 11.3 Å². The topological polar surface area (TPSA) is 9.23 Å². The Labute approximate surface area is 69.1 Å². The summed E-state index contributed by atoms with van der Waals surface area (Å²) >= 11 is 0. The van der Waals surface area contributed by atoms with Crippen LogP contribution in [-0.2, 0) is 4.74 Å². The molecule has 0 aromatic heterocycles. The quantitative estimate of drug-likeness (QED) is 0.564. The van der Waals surface area contributed by atoms with Crippen LogP contribution in [0.2, 0.25) is 0 Å². The van der Waals surface area contributed by atoms with Crippen molar-refractivity contribution < 1.29 is 4.74 Å². The minimum Gasteiger partial charge on any atom is -0.378 e. The minimum atomic E-state index is 0.583. The lowest BCUT2D eigenvalue weighted by atomic mass is 9.73. The molecule has 0 N–H and O–H groups in total. The highest BCUT2D eigenvalue weighted by atomic mass is 16.5. The highest BCUT2D eigenvalue weighted by molar-refractivity contribution is 4.98. The summed E-state index contributed by atoms with van der Waals surface area (Å²) in [6.07, 6.45) is 6.05. The van der Waals surface area contributed by atoms with Crippen molar-refractivity contribution in [3.8, 4) is 0 Å². The van der Waals surface area contributed by atoms with E-state index in [2.05, 4.69) is 13.8 Å². The van der Waals surface area contributed by atoms with E-state index in [-0.39, 0.29) is 0 Å². The Hall–Kier alpha value is -0.0400. The van der Waals surface area contributed by atoms with Crippen molar-refractivity contribution in [3.05, 3.63) is 0 Å². The molecule has 0 aromatic rings. The third-order valence-corrected chi connectivity index (χ3v) is 3.79. The summed E-state index contributed by atoms with van der Waals surface area (Å²) < 4.78 is 5.74. The van der Waals surface area contributed by atoms with Crippen LogP contribution in [0.3, 0.4) is 0 Å². The lowest BCUT2D eigenvalue weighted by Crippen LogP contribution is -2.30. The van der Waals surface area contributed by atoms with Gasteiger partial charge in [-0.2, -0.15) is 0 Å². The molecule has 1 aliphatic heterocycles. The van der Waals surface area contributed by atoms with Gasteiger partial charge in [0.05, 0.1) is 6.10 Å². The Kier molecular flexibility index (Phi) is 1.71. The molecule has 1 heterocycles. The van der Waals surface area contributed by atoms with Crippen molar-refractivity contribution in [2.45, 2.75) is 45.6 Å². The van der Waals surface area contributed by atoms with Gasteiger partial charge in [0.25, 0.3) is 0 Å². The maximum absolute atomic E-state index is 5.74. The van der Waals surface area contributed by atoms with Gasteiger partial charge in [0.1, 0.15) is 0 Å². The molecule has 1 aliphatic carbocycles. The Morgan fingerprint density at radius 3 is 2.82 bits per heavy atom. The number of hydrogen-bond acceptors (Lipinski definition) is 1. The molecule has 0 bridgehead atoms. The highest BCUT2D eigenvalue weighted by Crippen LogP contribution is 2.51. The van der Waals surface area contributed by atoms with Crippen molar-refractivity contribution in [3.63, 3.8) is 0 Å². The van der Waals surface area contributed by atoms with Crippen LogP contribution in [0.25, 0.3) is 0 Å². The van der Waals surface area contributed by atoms with Gasteiger partial charge in [0.2, 0.25) is 0 Å². The molecular formula is C10H18O. The Morgan fingerprint density at radius 2 is 2.18 bits per heavy atom. The lowest BCUT2D eigenvalue weighted by molar-refractivity contribution is 0.0483. The average molecular weight is 154 g/mol. The predicted octanol–water partition coefficient (Wildman–Crippen LogP) is 2.60. The smallest absolute Gasteiger partial charge is 0.0634 e. The highest BCUT2D eigenvalue weighted by Gasteiger charge is 2.48. The zero-order chi connectivity index (χ0) is 7.90. The molecule has 11 heavy (non-hydrogen) atoms. The summed E-state index contributed by atoms with van der Waals surface area (Å²) in [5, 5.41) is 0. The van der Waals surface area contributed by atoms with E-state index < -0.39 is 0 Å². The molecule has 0 aromatic carbocycles. The first-order valence-electron chi connectivity index (χ1n) is 4.87. The van der Waals surface area contributed by atoms with Crippen LogP contribution in [-0.4, -0.2) is 12.7 Å². The number of rotatable bonds is 1. The standard InChI is InChI=1S/C10H18O/c1-8(2)10-5-3-4-9(10)11-7-6-10/h8-9H,3-7H2,1-2H3/t9-,10-/m1/s1. The summed E-state index contributed by atoms with van der Waals surface area (Å²) in [7, 11) is 0. The van der Waals surface area contributed by atoms with Gasteiger partial charge in [0, 0.05) is 12.0 Å². The maximum Gasteiger partial charge on any atom is 0.0634 e. The maximum atomic E-state index is 5.74. The van der Waals surface area contributed by atoms with E-state index in [1.165, 1.54) is 25.7 Å².